The van der Waals surface area contributed by atoms with Crippen molar-refractivity contribution in [2.24, 2.45) is 5.73 Å². The number of unbranched alkanes of at least 4 members (excludes halogenated alkanes) is 12. The van der Waals surface area contributed by atoms with Crippen molar-refractivity contribution in [3.63, 3.8) is 0 Å². The normalized spacial score (nSPS) is 6.70. The molecule has 0 aliphatic rings. The Morgan fingerprint density at radius 3 is 0.791 bits per heavy atom. The summed E-state index contributed by atoms with van der Waals surface area (Å²) in [5, 5.41) is 15.2. The molecule has 0 amide bonds. The molecule has 0 heterocycles. The molecule has 0 rings (SSSR count). The predicted octanol–water partition coefficient (Wildman–Crippen LogP) is 13.0. The Hall–Kier alpha value is -2.98. The molecule has 0 bridgehead atoms. The van der Waals surface area contributed by atoms with Gasteiger partial charge in [-0.1, -0.05) is 76.9 Å². The average molecular weight is 610 g/mol. The lowest BCUT2D eigenvalue weighted by molar-refractivity contribution is 0.186. The number of rotatable bonds is 16. The third-order valence-corrected chi connectivity index (χ3v) is 3.82. The second-order valence-electron chi connectivity index (χ2n) is 6.17. The fraction of sp³-hybridized carbons (Fsp3) is 0.450. The first-order valence-electron chi connectivity index (χ1n) is 14.9. The zero-order chi connectivity index (χ0) is 37.4. The third-order valence-electron chi connectivity index (χ3n) is 3.82. The van der Waals surface area contributed by atoms with E-state index in [1.807, 2.05) is 0 Å². The molecule has 0 aromatic heterocycles. The first kappa shape index (κ1) is 77.6. The van der Waals surface area contributed by atoms with Gasteiger partial charge < -0.3 is 15.9 Å². The van der Waals surface area contributed by atoms with Gasteiger partial charge in [-0.2, -0.15) is 0 Å². The van der Waals surface area contributed by atoms with Crippen LogP contribution in [0.1, 0.15) is 96.8 Å². The van der Waals surface area contributed by atoms with E-state index in [1.165, 1.54) is 89.9 Å². The highest BCUT2D eigenvalue weighted by atomic mass is 16.3. The van der Waals surface area contributed by atoms with E-state index < -0.39 is 0 Å². The topological polar surface area (TPSA) is 66.5 Å². The Morgan fingerprint density at radius 2 is 0.581 bits per heavy atom. The molecule has 0 unspecified atom stereocenters. The molecular formula is C40H83NO2. The van der Waals surface area contributed by atoms with Gasteiger partial charge in [-0.25, -0.2) is 0 Å². The van der Waals surface area contributed by atoms with Gasteiger partial charge in [0.25, 0.3) is 0 Å². The van der Waals surface area contributed by atoms with E-state index in [0.717, 1.165) is 6.54 Å². The van der Waals surface area contributed by atoms with Gasteiger partial charge in [0.1, 0.15) is 0 Å². The SMILES string of the molecule is C=C.C=C.C=C.C=C.C=C.C=C.C=C.C=C.C=C.C=C.CCCCCCCC/C=C\CCCCCCCCN.OCCO. The Labute approximate surface area is 275 Å². The van der Waals surface area contributed by atoms with Crippen LogP contribution in [0.3, 0.4) is 0 Å². The molecule has 0 aromatic carbocycles. The quantitative estimate of drug-likeness (QED) is 0.120. The number of allylic oxidation sites excluding steroid dienone is 2. The van der Waals surface area contributed by atoms with Crippen LogP contribution in [0.2, 0.25) is 0 Å². The van der Waals surface area contributed by atoms with Gasteiger partial charge >= 0.3 is 0 Å². The maximum absolute atomic E-state index is 7.62. The summed E-state index contributed by atoms with van der Waals surface area (Å²) in [7, 11) is 0. The minimum absolute atomic E-state index is 0.125. The van der Waals surface area contributed by atoms with Gasteiger partial charge in [0.15, 0.2) is 0 Å². The van der Waals surface area contributed by atoms with Gasteiger partial charge in [-0.15, -0.1) is 132 Å². The molecule has 260 valence electrons. The molecule has 0 aliphatic carbocycles. The smallest absolute Gasteiger partial charge is 0.0662 e. The van der Waals surface area contributed by atoms with Crippen LogP contribution in [0.5, 0.6) is 0 Å². The minimum Gasteiger partial charge on any atom is -0.394 e. The summed E-state index contributed by atoms with van der Waals surface area (Å²) >= 11 is 0. The lowest BCUT2D eigenvalue weighted by Gasteiger charge is -1.99. The Kier molecular flexibility index (Phi) is 397. The van der Waals surface area contributed by atoms with Crippen molar-refractivity contribution in [2.75, 3.05) is 19.8 Å². The standard InChI is InChI=1S/C18H37N.C2H6O2.10C2H4/c1-2-3-4-5-6-7-8-9-10-11-12-13-14-15-16-17-18-19;3-1-2-4;10*1-2/h9-10H,2-8,11-19H2,1H3;3-4H,1-2H2;10*1-2H2/b10-9-;;;;;;;;;;;. The first-order chi connectivity index (χ1) is 21.3. The summed E-state index contributed by atoms with van der Waals surface area (Å²) in [5.74, 6) is 0. The van der Waals surface area contributed by atoms with Crippen LogP contribution < -0.4 is 5.73 Å². The second kappa shape index (κ2) is 220. The van der Waals surface area contributed by atoms with E-state index in [-0.39, 0.29) is 13.2 Å². The minimum atomic E-state index is -0.125. The van der Waals surface area contributed by atoms with E-state index in [0.29, 0.717) is 0 Å². The number of hydrogen-bond acceptors (Lipinski definition) is 3. The van der Waals surface area contributed by atoms with Gasteiger partial charge in [-0.05, 0) is 38.6 Å². The molecule has 0 fully saturated rings. The number of aliphatic hydroxyl groups excluding tert-OH is 2. The number of nitrogens with two attached hydrogens (primary N) is 1. The Bertz CT molecular complexity index is 299. The predicted molar refractivity (Wildman–Crippen MR) is 215 cm³/mol. The zero-order valence-electron chi connectivity index (χ0n) is 29.8. The number of hydrogen-bond donors (Lipinski definition) is 3. The van der Waals surface area contributed by atoms with Crippen molar-refractivity contribution in [1.29, 1.82) is 0 Å². The largest absolute Gasteiger partial charge is 0.394 e. The van der Waals surface area contributed by atoms with Crippen molar-refractivity contribution >= 4 is 0 Å². The molecular weight excluding hydrogens is 526 g/mol. The highest BCUT2D eigenvalue weighted by Crippen LogP contribution is 2.09. The summed E-state index contributed by atoms with van der Waals surface area (Å²) in [6.07, 6.45) is 23.9. The van der Waals surface area contributed by atoms with E-state index in [2.05, 4.69) is 151 Å². The van der Waals surface area contributed by atoms with E-state index >= 15 is 0 Å². The summed E-state index contributed by atoms with van der Waals surface area (Å²) < 4.78 is 0. The van der Waals surface area contributed by atoms with Gasteiger partial charge in [0.05, 0.1) is 13.2 Å². The van der Waals surface area contributed by atoms with Crippen LogP contribution in [-0.2, 0) is 0 Å². The van der Waals surface area contributed by atoms with Crippen molar-refractivity contribution < 1.29 is 10.2 Å². The van der Waals surface area contributed by atoms with E-state index in [9.17, 15) is 0 Å². The van der Waals surface area contributed by atoms with Crippen molar-refractivity contribution in [2.45, 2.75) is 96.8 Å². The summed E-state index contributed by atoms with van der Waals surface area (Å²) in [4.78, 5) is 0. The summed E-state index contributed by atoms with van der Waals surface area (Å²) in [6.45, 7) is 62.9. The van der Waals surface area contributed by atoms with Crippen molar-refractivity contribution in [1.82, 2.24) is 0 Å². The Balaban J connectivity index is -0.0000000332. The van der Waals surface area contributed by atoms with Crippen molar-refractivity contribution in [3.8, 4) is 0 Å². The molecule has 0 radical (unpaired) electrons. The summed E-state index contributed by atoms with van der Waals surface area (Å²) in [6, 6.07) is 0. The molecule has 0 saturated carbocycles. The summed E-state index contributed by atoms with van der Waals surface area (Å²) in [5.41, 5.74) is 5.47. The molecule has 0 aliphatic heterocycles. The number of aliphatic hydroxyl groups is 2. The van der Waals surface area contributed by atoms with Crippen LogP contribution in [0.25, 0.3) is 0 Å². The first-order valence-corrected chi connectivity index (χ1v) is 14.9. The van der Waals surface area contributed by atoms with Crippen LogP contribution in [0.15, 0.2) is 144 Å². The maximum Gasteiger partial charge on any atom is 0.0662 e. The van der Waals surface area contributed by atoms with Crippen molar-refractivity contribution in [3.05, 3.63) is 144 Å². The fourth-order valence-electron chi connectivity index (χ4n) is 2.39. The van der Waals surface area contributed by atoms with Crippen LogP contribution in [-0.4, -0.2) is 30.0 Å². The molecule has 0 spiro atoms. The van der Waals surface area contributed by atoms with E-state index in [4.69, 9.17) is 15.9 Å². The Morgan fingerprint density at radius 1 is 0.372 bits per heavy atom. The van der Waals surface area contributed by atoms with E-state index in [1.54, 1.807) is 0 Å². The maximum atomic E-state index is 7.62. The third kappa shape index (κ3) is 272. The molecule has 0 atom stereocenters. The van der Waals surface area contributed by atoms with Gasteiger partial charge in [0, 0.05) is 0 Å². The molecule has 43 heavy (non-hydrogen) atoms. The zero-order valence-corrected chi connectivity index (χ0v) is 29.8. The highest BCUT2D eigenvalue weighted by Gasteiger charge is 1.90. The van der Waals surface area contributed by atoms with Gasteiger partial charge in [0.2, 0.25) is 0 Å². The molecule has 3 nitrogen and oxygen atoms in total. The molecule has 4 N–H and O–H groups in total. The lowest BCUT2D eigenvalue weighted by atomic mass is 10.1. The van der Waals surface area contributed by atoms with Crippen LogP contribution in [0, 0.1) is 0 Å². The molecule has 3 heteroatoms. The second-order valence-corrected chi connectivity index (χ2v) is 6.17. The van der Waals surface area contributed by atoms with Crippen LogP contribution in [0.4, 0.5) is 0 Å². The monoisotopic (exact) mass is 610 g/mol. The average Bonchev–Trinajstić information content (AvgIpc) is 3.15. The fourth-order valence-corrected chi connectivity index (χ4v) is 2.39. The van der Waals surface area contributed by atoms with Crippen LogP contribution >= 0.6 is 0 Å². The lowest BCUT2D eigenvalue weighted by Crippen LogP contribution is -1.97. The van der Waals surface area contributed by atoms with Gasteiger partial charge in [-0.3, -0.25) is 0 Å². The highest BCUT2D eigenvalue weighted by molar-refractivity contribution is 4.81. The molecule has 0 saturated heterocycles. The molecule has 0 aromatic rings.